The summed E-state index contributed by atoms with van der Waals surface area (Å²) in [7, 11) is 7.45. The van der Waals surface area contributed by atoms with Crippen molar-refractivity contribution in [2.75, 3.05) is 39.8 Å². The summed E-state index contributed by atoms with van der Waals surface area (Å²) in [5, 5.41) is 0. The number of nitrogens with zero attached hydrogens (tertiary/aromatic N) is 3. The number of rotatable bonds is 8. The van der Waals surface area contributed by atoms with Crippen LogP contribution in [0, 0.1) is 6.92 Å². The van der Waals surface area contributed by atoms with Crippen molar-refractivity contribution in [3.63, 3.8) is 0 Å². The lowest BCUT2D eigenvalue weighted by Gasteiger charge is -2.40. The molecule has 1 aliphatic carbocycles. The molecular weight excluding hydrogens is 402 g/mol. The van der Waals surface area contributed by atoms with Gasteiger partial charge in [0.05, 0.1) is 25.0 Å². The van der Waals surface area contributed by atoms with E-state index < -0.39 is 0 Å². The smallest absolute Gasteiger partial charge is 0.338 e. The second-order valence-electron chi connectivity index (χ2n) is 8.84. The topological polar surface area (TPSA) is 54.9 Å². The minimum atomic E-state index is -0.304. The first-order valence-electron chi connectivity index (χ1n) is 11.5. The molecule has 6 heteroatoms. The first-order chi connectivity index (χ1) is 15.4. The molecule has 0 amide bonds. The molecule has 3 rings (SSSR count). The summed E-state index contributed by atoms with van der Waals surface area (Å²) < 4.78 is 10.3. The second-order valence-corrected chi connectivity index (χ2v) is 8.84. The number of aromatic nitrogens is 1. The van der Waals surface area contributed by atoms with Crippen LogP contribution >= 0.6 is 0 Å². The first kappa shape index (κ1) is 24.2. The van der Waals surface area contributed by atoms with Crippen LogP contribution in [0.2, 0.25) is 0 Å². The number of carbonyl (C=O) groups is 1. The van der Waals surface area contributed by atoms with Gasteiger partial charge in [-0.05, 0) is 83.0 Å². The Bertz CT molecular complexity index is 903. The molecule has 0 N–H and O–H groups in total. The highest BCUT2D eigenvalue weighted by molar-refractivity contribution is 5.95. The fraction of sp³-hybridized carbons (Fsp3) is 0.538. The number of benzene rings is 1. The molecule has 0 bridgehead atoms. The third kappa shape index (κ3) is 5.30. The van der Waals surface area contributed by atoms with Gasteiger partial charge in [-0.2, -0.15) is 0 Å². The van der Waals surface area contributed by atoms with Crippen molar-refractivity contribution in [3.05, 3.63) is 47.3 Å². The van der Waals surface area contributed by atoms with Gasteiger partial charge in [-0.3, -0.25) is 4.98 Å². The number of pyridine rings is 1. The van der Waals surface area contributed by atoms with Crippen LogP contribution in [0.5, 0.6) is 0 Å². The van der Waals surface area contributed by atoms with Gasteiger partial charge in [0.15, 0.2) is 0 Å². The average molecular weight is 440 g/mol. The molecule has 0 spiro atoms. The number of ether oxygens (including phenoxy) is 2. The lowest BCUT2D eigenvalue weighted by Crippen LogP contribution is -2.42. The first-order valence-corrected chi connectivity index (χ1v) is 11.5. The van der Waals surface area contributed by atoms with Crippen molar-refractivity contribution >= 4 is 11.7 Å². The van der Waals surface area contributed by atoms with E-state index in [9.17, 15) is 4.79 Å². The predicted molar refractivity (Wildman–Crippen MR) is 129 cm³/mol. The van der Waals surface area contributed by atoms with E-state index in [1.165, 1.54) is 20.0 Å². The van der Waals surface area contributed by atoms with Gasteiger partial charge in [-0.15, -0.1) is 0 Å². The van der Waals surface area contributed by atoms with Gasteiger partial charge in [0, 0.05) is 43.2 Å². The molecule has 6 nitrogen and oxygen atoms in total. The summed E-state index contributed by atoms with van der Waals surface area (Å²) in [6.07, 6.45) is 6.55. The maximum atomic E-state index is 12.6. The molecule has 0 unspecified atom stereocenters. The molecule has 1 heterocycles. The second kappa shape index (κ2) is 10.9. The van der Waals surface area contributed by atoms with Crippen LogP contribution in [0.25, 0.3) is 11.1 Å². The van der Waals surface area contributed by atoms with Crippen LogP contribution in [-0.2, 0) is 16.1 Å². The summed E-state index contributed by atoms with van der Waals surface area (Å²) >= 11 is 0. The molecule has 2 aromatic rings. The van der Waals surface area contributed by atoms with Gasteiger partial charge in [-0.25, -0.2) is 4.79 Å². The molecule has 0 aliphatic heterocycles. The van der Waals surface area contributed by atoms with E-state index in [2.05, 4.69) is 41.9 Å². The average Bonchev–Trinajstić information content (AvgIpc) is 2.81. The minimum Gasteiger partial charge on any atom is -0.465 e. The Balaban J connectivity index is 1.99. The van der Waals surface area contributed by atoms with E-state index in [-0.39, 0.29) is 5.97 Å². The molecule has 1 saturated carbocycles. The van der Waals surface area contributed by atoms with Crippen molar-refractivity contribution in [3.8, 4) is 11.1 Å². The molecule has 32 heavy (non-hydrogen) atoms. The Labute approximate surface area is 192 Å². The Morgan fingerprint density at radius 1 is 1.06 bits per heavy atom. The Morgan fingerprint density at radius 3 is 2.28 bits per heavy atom. The molecular formula is C26H37N3O3. The largest absolute Gasteiger partial charge is 0.465 e. The molecule has 0 radical (unpaired) electrons. The SMILES string of the molecule is CCN(c1cc(-c2ccc(COC)nc2)cc(C(=O)OC)c1C)C1CCC(N(C)C)CC1. The van der Waals surface area contributed by atoms with Crippen molar-refractivity contribution in [1.82, 2.24) is 9.88 Å². The zero-order valence-corrected chi connectivity index (χ0v) is 20.4. The van der Waals surface area contributed by atoms with Gasteiger partial charge in [0.25, 0.3) is 0 Å². The Hall–Kier alpha value is -2.44. The Kier molecular flexibility index (Phi) is 8.26. The van der Waals surface area contributed by atoms with Crippen LogP contribution < -0.4 is 4.90 Å². The zero-order valence-electron chi connectivity index (χ0n) is 20.4. The maximum absolute atomic E-state index is 12.6. The number of methoxy groups -OCH3 is 2. The summed E-state index contributed by atoms with van der Waals surface area (Å²) in [5.74, 6) is -0.304. The fourth-order valence-electron chi connectivity index (χ4n) is 4.83. The van der Waals surface area contributed by atoms with Crippen LogP contribution in [0.15, 0.2) is 30.5 Å². The summed E-state index contributed by atoms with van der Waals surface area (Å²) in [5.41, 5.74) is 5.53. The fourth-order valence-corrected chi connectivity index (χ4v) is 4.83. The van der Waals surface area contributed by atoms with E-state index in [1.807, 2.05) is 31.3 Å². The predicted octanol–water partition coefficient (Wildman–Crippen LogP) is 4.69. The quantitative estimate of drug-likeness (QED) is 0.556. The van der Waals surface area contributed by atoms with E-state index in [0.717, 1.165) is 47.5 Å². The van der Waals surface area contributed by atoms with Gasteiger partial charge in [-0.1, -0.05) is 6.07 Å². The van der Waals surface area contributed by atoms with Crippen molar-refractivity contribution in [2.24, 2.45) is 0 Å². The van der Waals surface area contributed by atoms with Crippen molar-refractivity contribution in [1.29, 1.82) is 0 Å². The van der Waals surface area contributed by atoms with Gasteiger partial charge >= 0.3 is 5.97 Å². The molecule has 174 valence electrons. The van der Waals surface area contributed by atoms with E-state index in [1.54, 1.807) is 7.11 Å². The monoisotopic (exact) mass is 439 g/mol. The molecule has 1 fully saturated rings. The van der Waals surface area contributed by atoms with Gasteiger partial charge in [0.1, 0.15) is 0 Å². The van der Waals surface area contributed by atoms with Gasteiger partial charge < -0.3 is 19.3 Å². The number of esters is 1. The molecule has 1 aromatic carbocycles. The number of hydrogen-bond acceptors (Lipinski definition) is 6. The third-order valence-electron chi connectivity index (χ3n) is 6.72. The number of carbonyl (C=O) groups excluding carboxylic acids is 1. The van der Waals surface area contributed by atoms with Crippen LogP contribution in [0.3, 0.4) is 0 Å². The highest BCUT2D eigenvalue weighted by Crippen LogP contribution is 2.35. The van der Waals surface area contributed by atoms with E-state index in [0.29, 0.717) is 24.3 Å². The lowest BCUT2D eigenvalue weighted by molar-refractivity contribution is 0.0600. The minimum absolute atomic E-state index is 0.304. The van der Waals surface area contributed by atoms with Crippen LogP contribution in [-0.4, -0.2) is 62.8 Å². The van der Waals surface area contributed by atoms with Gasteiger partial charge in [0.2, 0.25) is 0 Å². The maximum Gasteiger partial charge on any atom is 0.338 e. The molecule has 1 aliphatic rings. The number of hydrogen-bond donors (Lipinski definition) is 0. The normalized spacial score (nSPS) is 18.6. The lowest BCUT2D eigenvalue weighted by atomic mass is 9.88. The van der Waals surface area contributed by atoms with Crippen molar-refractivity contribution < 1.29 is 14.3 Å². The number of anilines is 1. The summed E-state index contributed by atoms with van der Waals surface area (Å²) in [6, 6.07) is 9.26. The Morgan fingerprint density at radius 2 is 1.75 bits per heavy atom. The summed E-state index contributed by atoms with van der Waals surface area (Å²) in [6.45, 7) is 5.60. The molecule has 0 atom stereocenters. The summed E-state index contributed by atoms with van der Waals surface area (Å²) in [4.78, 5) is 22.0. The van der Waals surface area contributed by atoms with Crippen molar-refractivity contribution in [2.45, 2.75) is 58.2 Å². The van der Waals surface area contributed by atoms with E-state index in [4.69, 9.17) is 9.47 Å². The van der Waals surface area contributed by atoms with E-state index >= 15 is 0 Å². The molecule has 0 saturated heterocycles. The van der Waals surface area contributed by atoms with Crippen LogP contribution in [0.1, 0.15) is 54.2 Å². The molecule has 1 aromatic heterocycles. The zero-order chi connectivity index (χ0) is 23.3. The standard InChI is InChI=1S/C26H37N3O3/c1-7-29(23-12-10-22(11-13-23)28(3)4)25-15-20(14-24(18(25)2)26(30)32-6)19-8-9-21(17-31-5)27-16-19/h8-9,14-16,22-23H,7,10-13,17H2,1-6H3. The third-order valence-corrected chi connectivity index (χ3v) is 6.72. The highest BCUT2D eigenvalue weighted by Gasteiger charge is 2.28. The van der Waals surface area contributed by atoms with Crippen LogP contribution in [0.4, 0.5) is 5.69 Å². The highest BCUT2D eigenvalue weighted by atomic mass is 16.5.